The summed E-state index contributed by atoms with van der Waals surface area (Å²) in [5, 5.41) is 3.45. The number of hydrogen-bond acceptors (Lipinski definition) is 4. The maximum atomic E-state index is 11.4. The van der Waals surface area contributed by atoms with Crippen molar-refractivity contribution in [1.82, 2.24) is 5.32 Å². The van der Waals surface area contributed by atoms with E-state index in [0.29, 0.717) is 17.5 Å². The Labute approximate surface area is 120 Å². The van der Waals surface area contributed by atoms with Gasteiger partial charge in [-0.15, -0.1) is 11.8 Å². The van der Waals surface area contributed by atoms with Crippen molar-refractivity contribution in [1.29, 1.82) is 0 Å². The molecule has 1 N–H and O–H groups in total. The number of benzene rings is 1. The molecule has 0 saturated carbocycles. The first kappa shape index (κ1) is 14.9. The van der Waals surface area contributed by atoms with E-state index in [1.807, 2.05) is 0 Å². The zero-order valence-corrected chi connectivity index (χ0v) is 13.1. The van der Waals surface area contributed by atoms with Gasteiger partial charge >= 0.3 is 0 Å². The minimum absolute atomic E-state index is 0.126. The van der Waals surface area contributed by atoms with Crippen LogP contribution in [0.15, 0.2) is 29.2 Å². The van der Waals surface area contributed by atoms with E-state index in [9.17, 15) is 8.42 Å². The molecule has 1 heterocycles. The Morgan fingerprint density at radius 3 is 2.79 bits per heavy atom. The lowest BCUT2D eigenvalue weighted by Crippen LogP contribution is -2.38. The Balaban J connectivity index is 1.93. The molecule has 5 heteroatoms. The molecular weight excluding hydrogens is 278 g/mol. The number of hydrogen-bond donors (Lipinski definition) is 1. The minimum atomic E-state index is -2.79. The summed E-state index contributed by atoms with van der Waals surface area (Å²) >= 11 is 1.76. The first-order valence-corrected chi connectivity index (χ1v) is 9.63. The van der Waals surface area contributed by atoms with E-state index in [1.165, 1.54) is 10.5 Å². The highest BCUT2D eigenvalue weighted by molar-refractivity contribution is 7.98. The van der Waals surface area contributed by atoms with Crippen molar-refractivity contribution in [2.75, 3.05) is 17.8 Å². The van der Waals surface area contributed by atoms with Crippen molar-refractivity contribution in [3.05, 3.63) is 29.8 Å². The second-order valence-corrected chi connectivity index (χ2v) is 8.26. The van der Waals surface area contributed by atoms with Crippen molar-refractivity contribution in [2.24, 2.45) is 0 Å². The van der Waals surface area contributed by atoms with E-state index in [2.05, 4.69) is 42.8 Å². The molecule has 0 unspecified atom stereocenters. The molecule has 0 aromatic heterocycles. The zero-order valence-electron chi connectivity index (χ0n) is 11.4. The van der Waals surface area contributed by atoms with Crippen molar-refractivity contribution in [2.45, 2.75) is 36.7 Å². The number of rotatable bonds is 5. The first-order valence-electron chi connectivity index (χ1n) is 6.58. The van der Waals surface area contributed by atoms with Crippen LogP contribution in [-0.4, -0.2) is 38.3 Å². The third-order valence-corrected chi connectivity index (χ3v) is 6.08. The molecule has 1 aliphatic heterocycles. The van der Waals surface area contributed by atoms with Gasteiger partial charge in [0.25, 0.3) is 0 Å². The molecule has 1 saturated heterocycles. The van der Waals surface area contributed by atoms with E-state index in [4.69, 9.17) is 0 Å². The SMILES string of the molecule is CSc1ccccc1C[C@@H](C)N[C@H]1CCS(=O)(=O)C1. The number of nitrogens with one attached hydrogen (secondary N) is 1. The maximum Gasteiger partial charge on any atom is 0.151 e. The summed E-state index contributed by atoms with van der Waals surface area (Å²) in [6.45, 7) is 2.13. The third kappa shape index (κ3) is 4.23. The largest absolute Gasteiger partial charge is 0.310 e. The molecule has 106 valence electrons. The molecule has 0 aliphatic carbocycles. The summed E-state index contributed by atoms with van der Waals surface area (Å²) in [5.41, 5.74) is 1.33. The average molecular weight is 299 g/mol. The van der Waals surface area contributed by atoms with Gasteiger partial charge in [0, 0.05) is 17.0 Å². The van der Waals surface area contributed by atoms with E-state index in [1.54, 1.807) is 11.8 Å². The summed E-state index contributed by atoms with van der Waals surface area (Å²) in [5.74, 6) is 0.625. The maximum absolute atomic E-state index is 11.4. The van der Waals surface area contributed by atoms with Crippen LogP contribution in [0.4, 0.5) is 0 Å². The Hall–Kier alpha value is -0.520. The van der Waals surface area contributed by atoms with Crippen molar-refractivity contribution in [3.8, 4) is 0 Å². The Morgan fingerprint density at radius 1 is 1.42 bits per heavy atom. The molecule has 2 rings (SSSR count). The van der Waals surface area contributed by atoms with Gasteiger partial charge in [0.05, 0.1) is 11.5 Å². The zero-order chi connectivity index (χ0) is 13.9. The van der Waals surface area contributed by atoms with Crippen molar-refractivity contribution >= 4 is 21.6 Å². The van der Waals surface area contributed by atoms with E-state index < -0.39 is 9.84 Å². The summed E-state index contributed by atoms with van der Waals surface area (Å²) in [6.07, 6.45) is 3.77. The first-order chi connectivity index (χ1) is 9.00. The van der Waals surface area contributed by atoms with Gasteiger partial charge in [-0.05, 0) is 37.7 Å². The topological polar surface area (TPSA) is 46.2 Å². The standard InChI is InChI=1S/C14H21NO2S2/c1-11(15-13-7-8-19(16,17)10-13)9-12-5-3-4-6-14(12)18-2/h3-6,11,13,15H,7-10H2,1-2H3/t11-,13+/m1/s1. The summed E-state index contributed by atoms with van der Waals surface area (Å²) < 4.78 is 22.9. The molecule has 3 nitrogen and oxygen atoms in total. The van der Waals surface area contributed by atoms with Crippen LogP contribution in [0.5, 0.6) is 0 Å². The Kier molecular flexibility index (Phi) is 4.92. The van der Waals surface area contributed by atoms with Crippen LogP contribution in [0.2, 0.25) is 0 Å². The fourth-order valence-electron chi connectivity index (χ4n) is 2.59. The molecule has 0 amide bonds. The predicted octanol–water partition coefficient (Wildman–Crippen LogP) is 2.12. The molecule has 1 fully saturated rings. The fraction of sp³-hybridized carbons (Fsp3) is 0.571. The highest BCUT2D eigenvalue weighted by Gasteiger charge is 2.28. The molecule has 0 radical (unpaired) electrons. The van der Waals surface area contributed by atoms with E-state index in [-0.39, 0.29) is 6.04 Å². The quantitative estimate of drug-likeness (QED) is 0.846. The van der Waals surface area contributed by atoms with Crippen molar-refractivity contribution < 1.29 is 8.42 Å². The van der Waals surface area contributed by atoms with Crippen LogP contribution in [0, 0.1) is 0 Å². The van der Waals surface area contributed by atoms with Gasteiger partial charge in [0.1, 0.15) is 0 Å². The third-order valence-electron chi connectivity index (χ3n) is 3.47. The smallest absolute Gasteiger partial charge is 0.151 e. The molecule has 1 aromatic rings. The van der Waals surface area contributed by atoms with Crippen LogP contribution in [0.3, 0.4) is 0 Å². The lowest BCUT2D eigenvalue weighted by atomic mass is 10.1. The Bertz CT molecular complexity index is 528. The normalized spacial score (nSPS) is 23.4. The van der Waals surface area contributed by atoms with Crippen LogP contribution in [0.1, 0.15) is 18.9 Å². The van der Waals surface area contributed by atoms with E-state index >= 15 is 0 Å². The van der Waals surface area contributed by atoms with Gasteiger partial charge in [-0.25, -0.2) is 8.42 Å². The van der Waals surface area contributed by atoms with E-state index in [0.717, 1.165) is 12.8 Å². The summed E-state index contributed by atoms with van der Waals surface area (Å²) in [6, 6.07) is 8.81. The molecule has 1 aromatic carbocycles. The van der Waals surface area contributed by atoms with Gasteiger partial charge in [0.15, 0.2) is 9.84 Å². The second-order valence-electron chi connectivity index (χ2n) is 5.18. The van der Waals surface area contributed by atoms with Gasteiger partial charge in [0.2, 0.25) is 0 Å². The molecule has 0 spiro atoms. The summed E-state index contributed by atoms with van der Waals surface area (Å²) in [7, 11) is -2.79. The second kappa shape index (κ2) is 6.29. The number of sulfone groups is 1. The average Bonchev–Trinajstić information content (AvgIpc) is 2.69. The lowest BCUT2D eigenvalue weighted by molar-refractivity contribution is 0.468. The van der Waals surface area contributed by atoms with Gasteiger partial charge < -0.3 is 5.32 Å². The number of thioether (sulfide) groups is 1. The Morgan fingerprint density at radius 2 is 2.16 bits per heavy atom. The highest BCUT2D eigenvalue weighted by atomic mass is 32.2. The fourth-order valence-corrected chi connectivity index (χ4v) is 4.90. The van der Waals surface area contributed by atoms with Gasteiger partial charge in [-0.2, -0.15) is 0 Å². The van der Waals surface area contributed by atoms with Crippen LogP contribution in [-0.2, 0) is 16.3 Å². The predicted molar refractivity (Wildman–Crippen MR) is 81.6 cm³/mol. The minimum Gasteiger partial charge on any atom is -0.310 e. The van der Waals surface area contributed by atoms with Crippen LogP contribution < -0.4 is 5.32 Å². The monoisotopic (exact) mass is 299 g/mol. The molecule has 19 heavy (non-hydrogen) atoms. The van der Waals surface area contributed by atoms with Gasteiger partial charge in [-0.3, -0.25) is 0 Å². The molecule has 0 bridgehead atoms. The van der Waals surface area contributed by atoms with Crippen LogP contribution in [0.25, 0.3) is 0 Å². The van der Waals surface area contributed by atoms with Crippen LogP contribution >= 0.6 is 11.8 Å². The lowest BCUT2D eigenvalue weighted by Gasteiger charge is -2.19. The summed E-state index contributed by atoms with van der Waals surface area (Å²) in [4.78, 5) is 1.30. The van der Waals surface area contributed by atoms with Crippen molar-refractivity contribution in [3.63, 3.8) is 0 Å². The van der Waals surface area contributed by atoms with Gasteiger partial charge in [-0.1, -0.05) is 18.2 Å². The highest BCUT2D eigenvalue weighted by Crippen LogP contribution is 2.21. The molecule has 2 atom stereocenters. The molecule has 1 aliphatic rings. The molecular formula is C14H21NO2S2.